The summed E-state index contributed by atoms with van der Waals surface area (Å²) in [5.41, 5.74) is 0.466. The summed E-state index contributed by atoms with van der Waals surface area (Å²) in [5, 5.41) is 3.23. The van der Waals surface area contributed by atoms with Crippen LogP contribution in [-0.4, -0.2) is 32.4 Å². The molecule has 1 N–H and O–H groups in total. The van der Waals surface area contributed by atoms with Crippen LogP contribution < -0.4 is 5.32 Å². The van der Waals surface area contributed by atoms with Gasteiger partial charge in [0, 0.05) is 22.9 Å². The third kappa shape index (κ3) is 7.44. The van der Waals surface area contributed by atoms with Crippen molar-refractivity contribution in [1.29, 1.82) is 0 Å². The van der Waals surface area contributed by atoms with Crippen LogP contribution in [0.5, 0.6) is 0 Å². The van der Waals surface area contributed by atoms with Crippen LogP contribution in [0.25, 0.3) is 0 Å². The van der Waals surface area contributed by atoms with E-state index in [-0.39, 0.29) is 31.2 Å². The van der Waals surface area contributed by atoms with Gasteiger partial charge in [0.05, 0.1) is 5.75 Å². The van der Waals surface area contributed by atoms with Crippen molar-refractivity contribution in [1.82, 2.24) is 5.32 Å². The van der Waals surface area contributed by atoms with Gasteiger partial charge in [0.15, 0.2) is 0 Å². The number of nitrogens with one attached hydrogen (secondary N) is 1. The summed E-state index contributed by atoms with van der Waals surface area (Å²) in [6.07, 6.45) is 1.57. The Morgan fingerprint density at radius 2 is 2.05 bits per heavy atom. The highest BCUT2D eigenvalue weighted by atomic mass is 35.5. The summed E-state index contributed by atoms with van der Waals surface area (Å²) in [6.45, 7) is 1.77. The van der Waals surface area contributed by atoms with Gasteiger partial charge in [-0.25, -0.2) is 8.42 Å². The molecule has 4 nitrogen and oxygen atoms in total. The normalized spacial score (nSPS) is 12.4. The molecular formula is C12H18ClNO3S2. The maximum Gasteiger partial charge on any atom is 0.251 e. The quantitative estimate of drug-likeness (QED) is 0.901. The summed E-state index contributed by atoms with van der Waals surface area (Å²) in [5.74, 6) is -0.192. The lowest BCUT2D eigenvalue weighted by molar-refractivity contribution is 0.0939. The fraction of sp³-hybridized carbons (Fsp3) is 0.417. The van der Waals surface area contributed by atoms with Crippen LogP contribution in [0.1, 0.15) is 23.7 Å². The smallest absolute Gasteiger partial charge is 0.251 e. The van der Waals surface area contributed by atoms with Crippen LogP contribution in [0.3, 0.4) is 0 Å². The second-order valence-corrected chi connectivity index (χ2v) is 7.00. The van der Waals surface area contributed by atoms with E-state index in [0.29, 0.717) is 17.0 Å². The minimum atomic E-state index is -3.00. The molecule has 0 fully saturated rings. The highest BCUT2D eigenvalue weighted by Gasteiger charge is 2.12. The zero-order valence-electron chi connectivity index (χ0n) is 10.8. The minimum Gasteiger partial charge on any atom is -0.350 e. The zero-order chi connectivity index (χ0) is 13.8. The highest BCUT2D eigenvalue weighted by Crippen LogP contribution is 2.10. The predicted molar refractivity (Wildman–Crippen MR) is 83.1 cm³/mol. The van der Waals surface area contributed by atoms with Crippen LogP contribution >= 0.6 is 25.1 Å². The fourth-order valence-corrected chi connectivity index (χ4v) is 2.37. The van der Waals surface area contributed by atoms with E-state index in [1.165, 1.54) is 6.26 Å². The SMILES string of the molecule is C[C@@H](CCS(C)(=O)=O)NC(=O)c1cccc(Cl)c1.S. The molecule has 0 saturated heterocycles. The lowest BCUT2D eigenvalue weighted by atomic mass is 10.2. The van der Waals surface area contributed by atoms with Crippen LogP contribution in [-0.2, 0) is 9.84 Å². The van der Waals surface area contributed by atoms with E-state index in [0.717, 1.165) is 0 Å². The lowest BCUT2D eigenvalue weighted by Gasteiger charge is -2.13. The first-order valence-corrected chi connectivity index (χ1v) is 7.96. The van der Waals surface area contributed by atoms with Crippen LogP contribution in [0, 0.1) is 0 Å². The van der Waals surface area contributed by atoms with Crippen molar-refractivity contribution in [3.05, 3.63) is 34.9 Å². The van der Waals surface area contributed by atoms with Crippen molar-refractivity contribution in [2.24, 2.45) is 0 Å². The van der Waals surface area contributed by atoms with Gasteiger partial charge in [-0.15, -0.1) is 0 Å². The average Bonchev–Trinajstić information content (AvgIpc) is 2.25. The molecule has 1 rings (SSSR count). The van der Waals surface area contributed by atoms with Gasteiger partial charge >= 0.3 is 0 Å². The molecule has 19 heavy (non-hydrogen) atoms. The number of rotatable bonds is 5. The number of benzene rings is 1. The first kappa shape index (κ1) is 18.3. The largest absolute Gasteiger partial charge is 0.350 e. The van der Waals surface area contributed by atoms with E-state index in [4.69, 9.17) is 11.6 Å². The third-order valence-corrected chi connectivity index (χ3v) is 3.60. The Morgan fingerprint density at radius 3 is 2.58 bits per heavy atom. The van der Waals surface area contributed by atoms with E-state index in [9.17, 15) is 13.2 Å². The van der Waals surface area contributed by atoms with Crippen molar-refractivity contribution >= 4 is 40.8 Å². The molecule has 0 bridgehead atoms. The summed E-state index contributed by atoms with van der Waals surface area (Å²) < 4.78 is 22.0. The standard InChI is InChI=1S/C12H16ClNO3S.H2S/c1-9(6-7-18(2,16)17)14-12(15)10-4-3-5-11(13)8-10;/h3-5,8-9H,6-7H2,1-2H3,(H,14,15);1H2/t9-;/m0./s1. The first-order chi connectivity index (χ1) is 8.28. The molecule has 0 aliphatic rings. The van der Waals surface area contributed by atoms with Crippen molar-refractivity contribution in [2.45, 2.75) is 19.4 Å². The molecular weight excluding hydrogens is 306 g/mol. The number of amides is 1. The topological polar surface area (TPSA) is 63.2 Å². The molecule has 108 valence electrons. The molecule has 0 heterocycles. The number of carbonyl (C=O) groups is 1. The van der Waals surface area contributed by atoms with Gasteiger partial charge in [-0.1, -0.05) is 17.7 Å². The van der Waals surface area contributed by atoms with E-state index < -0.39 is 9.84 Å². The Kier molecular flexibility index (Phi) is 7.47. The molecule has 0 saturated carbocycles. The van der Waals surface area contributed by atoms with Gasteiger partial charge in [0.1, 0.15) is 9.84 Å². The van der Waals surface area contributed by atoms with Gasteiger partial charge in [-0.2, -0.15) is 13.5 Å². The molecule has 1 atom stereocenters. The predicted octanol–water partition coefficient (Wildman–Crippen LogP) is 2.01. The van der Waals surface area contributed by atoms with Gasteiger partial charge < -0.3 is 5.32 Å². The average molecular weight is 324 g/mol. The maximum absolute atomic E-state index is 11.8. The monoisotopic (exact) mass is 323 g/mol. The number of hydrogen-bond donors (Lipinski definition) is 1. The Bertz CT molecular complexity index is 532. The van der Waals surface area contributed by atoms with E-state index in [1.54, 1.807) is 31.2 Å². The molecule has 0 aliphatic heterocycles. The molecule has 7 heteroatoms. The molecule has 0 aliphatic carbocycles. The molecule has 1 amide bonds. The molecule has 1 aromatic rings. The van der Waals surface area contributed by atoms with Crippen molar-refractivity contribution in [2.75, 3.05) is 12.0 Å². The van der Waals surface area contributed by atoms with Gasteiger partial charge in [-0.3, -0.25) is 4.79 Å². The molecule has 0 unspecified atom stereocenters. The summed E-state index contributed by atoms with van der Waals surface area (Å²) in [4.78, 5) is 11.8. The summed E-state index contributed by atoms with van der Waals surface area (Å²) in [7, 11) is -3.00. The Morgan fingerprint density at radius 1 is 1.42 bits per heavy atom. The molecule has 1 aromatic carbocycles. The fourth-order valence-electron chi connectivity index (χ4n) is 1.40. The van der Waals surface area contributed by atoms with Crippen molar-refractivity contribution < 1.29 is 13.2 Å². The van der Waals surface area contributed by atoms with Crippen LogP contribution in [0.4, 0.5) is 0 Å². The van der Waals surface area contributed by atoms with Gasteiger partial charge in [-0.05, 0) is 31.5 Å². The number of carbonyl (C=O) groups excluding carboxylic acids is 1. The van der Waals surface area contributed by atoms with Crippen LogP contribution in [0.2, 0.25) is 5.02 Å². The first-order valence-electron chi connectivity index (χ1n) is 5.52. The second kappa shape index (κ2) is 7.77. The van der Waals surface area contributed by atoms with Gasteiger partial charge in [0.2, 0.25) is 0 Å². The highest BCUT2D eigenvalue weighted by molar-refractivity contribution is 7.90. The Hall–Kier alpha value is -0.720. The summed E-state index contributed by atoms with van der Waals surface area (Å²) in [6, 6.07) is 6.40. The van der Waals surface area contributed by atoms with Crippen LogP contribution in [0.15, 0.2) is 24.3 Å². The summed E-state index contributed by atoms with van der Waals surface area (Å²) >= 11 is 5.79. The van der Waals surface area contributed by atoms with Gasteiger partial charge in [0.25, 0.3) is 5.91 Å². The molecule has 0 radical (unpaired) electrons. The zero-order valence-corrected chi connectivity index (χ0v) is 13.4. The third-order valence-electron chi connectivity index (χ3n) is 2.39. The maximum atomic E-state index is 11.8. The molecule has 0 aromatic heterocycles. The number of halogens is 1. The number of sulfone groups is 1. The van der Waals surface area contributed by atoms with E-state index in [1.807, 2.05) is 0 Å². The Balaban J connectivity index is 0.00000324. The molecule has 0 spiro atoms. The lowest BCUT2D eigenvalue weighted by Crippen LogP contribution is -2.33. The van der Waals surface area contributed by atoms with E-state index in [2.05, 4.69) is 5.32 Å². The van der Waals surface area contributed by atoms with Crippen molar-refractivity contribution in [3.63, 3.8) is 0 Å². The van der Waals surface area contributed by atoms with Crippen molar-refractivity contribution in [3.8, 4) is 0 Å². The van der Waals surface area contributed by atoms with E-state index >= 15 is 0 Å². The Labute approximate surface area is 125 Å². The second-order valence-electron chi connectivity index (χ2n) is 4.30. The minimum absolute atomic E-state index is 0. The number of hydrogen-bond acceptors (Lipinski definition) is 3.